The van der Waals surface area contributed by atoms with Crippen LogP contribution < -0.4 is 5.32 Å². The number of carbonyl (C=O) groups excluding carboxylic acids is 2. The molecule has 0 radical (unpaired) electrons. The van der Waals surface area contributed by atoms with Crippen LogP contribution in [-0.4, -0.2) is 43.2 Å². The Kier molecular flexibility index (Phi) is 10.3. The SMILES string of the molecule is CCCNC(=O)CCC(C)(C)OCCC(C)(C)OCCC=O. The largest absolute Gasteiger partial charge is 0.375 e. The zero-order valence-electron chi connectivity index (χ0n) is 14.9. The van der Waals surface area contributed by atoms with Gasteiger partial charge in [-0.15, -0.1) is 0 Å². The lowest BCUT2D eigenvalue weighted by Gasteiger charge is -2.29. The fraction of sp³-hybridized carbons (Fsp3) is 0.882. The van der Waals surface area contributed by atoms with Crippen molar-refractivity contribution < 1.29 is 19.1 Å². The molecular weight excluding hydrogens is 282 g/mol. The first-order valence-electron chi connectivity index (χ1n) is 8.20. The molecule has 0 saturated heterocycles. The summed E-state index contributed by atoms with van der Waals surface area (Å²) in [5.74, 6) is 0.0797. The first-order valence-corrected chi connectivity index (χ1v) is 8.20. The third-order valence-electron chi connectivity index (χ3n) is 3.45. The summed E-state index contributed by atoms with van der Waals surface area (Å²) in [6, 6.07) is 0. The van der Waals surface area contributed by atoms with Crippen molar-refractivity contribution in [2.75, 3.05) is 19.8 Å². The Morgan fingerprint density at radius 2 is 1.64 bits per heavy atom. The molecule has 0 rings (SSSR count). The molecule has 0 aromatic rings. The molecule has 5 nitrogen and oxygen atoms in total. The number of nitrogens with one attached hydrogen (secondary N) is 1. The Labute approximate surface area is 135 Å². The Bertz CT molecular complexity index is 327. The van der Waals surface area contributed by atoms with E-state index in [1.54, 1.807) is 0 Å². The zero-order valence-corrected chi connectivity index (χ0v) is 14.9. The van der Waals surface area contributed by atoms with Crippen molar-refractivity contribution in [1.29, 1.82) is 0 Å². The summed E-state index contributed by atoms with van der Waals surface area (Å²) < 4.78 is 11.5. The van der Waals surface area contributed by atoms with Gasteiger partial charge in [-0.2, -0.15) is 0 Å². The minimum atomic E-state index is -0.331. The second kappa shape index (κ2) is 10.7. The molecule has 0 heterocycles. The minimum absolute atomic E-state index is 0.0797. The summed E-state index contributed by atoms with van der Waals surface area (Å²) >= 11 is 0. The van der Waals surface area contributed by atoms with Crippen LogP contribution in [0.5, 0.6) is 0 Å². The minimum Gasteiger partial charge on any atom is -0.375 e. The summed E-state index contributed by atoms with van der Waals surface area (Å²) in [4.78, 5) is 21.9. The fourth-order valence-electron chi connectivity index (χ4n) is 1.87. The van der Waals surface area contributed by atoms with Crippen LogP contribution in [0.2, 0.25) is 0 Å². The highest BCUT2D eigenvalue weighted by Gasteiger charge is 2.23. The zero-order chi connectivity index (χ0) is 17.1. The van der Waals surface area contributed by atoms with Gasteiger partial charge in [-0.05, 0) is 47.0 Å². The van der Waals surface area contributed by atoms with Gasteiger partial charge in [-0.1, -0.05) is 6.92 Å². The number of aldehydes is 1. The Morgan fingerprint density at radius 1 is 1.05 bits per heavy atom. The van der Waals surface area contributed by atoms with E-state index in [1.165, 1.54) is 0 Å². The molecule has 0 aliphatic rings. The molecular formula is C17H33NO4. The van der Waals surface area contributed by atoms with Crippen LogP contribution in [0, 0.1) is 0 Å². The Morgan fingerprint density at radius 3 is 2.23 bits per heavy atom. The van der Waals surface area contributed by atoms with Gasteiger partial charge in [0.15, 0.2) is 0 Å². The summed E-state index contributed by atoms with van der Waals surface area (Å²) in [5, 5.41) is 2.87. The first kappa shape index (κ1) is 21.1. The van der Waals surface area contributed by atoms with Crippen molar-refractivity contribution >= 4 is 12.2 Å². The lowest BCUT2D eigenvalue weighted by Crippen LogP contribution is -2.33. The van der Waals surface area contributed by atoms with Crippen molar-refractivity contribution in [2.24, 2.45) is 0 Å². The smallest absolute Gasteiger partial charge is 0.220 e. The maximum atomic E-state index is 11.6. The second-order valence-corrected chi connectivity index (χ2v) is 6.77. The normalized spacial score (nSPS) is 12.2. The van der Waals surface area contributed by atoms with Gasteiger partial charge in [0.05, 0.1) is 24.4 Å². The molecule has 1 N–H and O–H groups in total. The molecule has 0 fully saturated rings. The van der Waals surface area contributed by atoms with Gasteiger partial charge in [0.2, 0.25) is 5.91 Å². The molecule has 0 aliphatic carbocycles. The van der Waals surface area contributed by atoms with Gasteiger partial charge in [0.25, 0.3) is 0 Å². The van der Waals surface area contributed by atoms with Crippen molar-refractivity contribution in [1.82, 2.24) is 5.32 Å². The van der Waals surface area contributed by atoms with Gasteiger partial charge in [-0.3, -0.25) is 4.79 Å². The predicted octanol–water partition coefficient (Wildman–Crippen LogP) is 2.86. The fourth-order valence-corrected chi connectivity index (χ4v) is 1.87. The van der Waals surface area contributed by atoms with Crippen LogP contribution >= 0.6 is 0 Å². The van der Waals surface area contributed by atoms with Gasteiger partial charge in [0.1, 0.15) is 6.29 Å². The van der Waals surface area contributed by atoms with Gasteiger partial charge >= 0.3 is 0 Å². The molecule has 0 unspecified atom stereocenters. The van der Waals surface area contributed by atoms with Crippen LogP contribution in [0.15, 0.2) is 0 Å². The average Bonchev–Trinajstić information content (AvgIpc) is 2.42. The summed E-state index contributed by atoms with van der Waals surface area (Å²) in [6.07, 6.45) is 4.14. The molecule has 0 aromatic heterocycles. The van der Waals surface area contributed by atoms with E-state index in [-0.39, 0.29) is 17.1 Å². The highest BCUT2D eigenvalue weighted by molar-refractivity contribution is 5.75. The molecule has 0 saturated carbocycles. The van der Waals surface area contributed by atoms with Gasteiger partial charge in [0, 0.05) is 19.4 Å². The molecule has 22 heavy (non-hydrogen) atoms. The number of hydrogen-bond acceptors (Lipinski definition) is 4. The Hall–Kier alpha value is -0.940. The molecule has 0 bridgehead atoms. The maximum absolute atomic E-state index is 11.6. The van der Waals surface area contributed by atoms with Crippen molar-refractivity contribution in [3.05, 3.63) is 0 Å². The molecule has 0 atom stereocenters. The van der Waals surface area contributed by atoms with E-state index in [2.05, 4.69) is 5.32 Å². The Balaban J connectivity index is 3.95. The van der Waals surface area contributed by atoms with Crippen molar-refractivity contribution in [2.45, 2.75) is 77.9 Å². The third kappa shape index (κ3) is 11.7. The quantitative estimate of drug-likeness (QED) is 0.419. The number of ether oxygens (including phenoxy) is 2. The van der Waals surface area contributed by atoms with Crippen molar-refractivity contribution in [3.8, 4) is 0 Å². The standard InChI is InChI=1S/C17H33NO4/c1-6-11-18-15(20)8-9-16(2,3)22-14-10-17(4,5)21-13-7-12-19/h12H,6-11,13-14H2,1-5H3,(H,18,20). The van der Waals surface area contributed by atoms with E-state index in [4.69, 9.17) is 9.47 Å². The molecule has 1 amide bonds. The third-order valence-corrected chi connectivity index (χ3v) is 3.45. The summed E-state index contributed by atoms with van der Waals surface area (Å²) in [5.41, 5.74) is -0.639. The van der Waals surface area contributed by atoms with Gasteiger partial charge < -0.3 is 19.6 Å². The van der Waals surface area contributed by atoms with Gasteiger partial charge in [-0.25, -0.2) is 0 Å². The molecule has 0 aliphatic heterocycles. The van der Waals surface area contributed by atoms with Crippen LogP contribution in [0.3, 0.4) is 0 Å². The molecule has 0 aromatic carbocycles. The summed E-state index contributed by atoms with van der Waals surface area (Å²) in [7, 11) is 0. The lowest BCUT2D eigenvalue weighted by atomic mass is 10.0. The van der Waals surface area contributed by atoms with Crippen LogP contribution in [0.25, 0.3) is 0 Å². The van der Waals surface area contributed by atoms with E-state index >= 15 is 0 Å². The number of amides is 1. The average molecular weight is 315 g/mol. The van der Waals surface area contributed by atoms with Crippen LogP contribution in [-0.2, 0) is 19.1 Å². The topological polar surface area (TPSA) is 64.6 Å². The monoisotopic (exact) mass is 315 g/mol. The van der Waals surface area contributed by atoms with Crippen LogP contribution in [0.4, 0.5) is 0 Å². The molecule has 0 spiro atoms. The second-order valence-electron chi connectivity index (χ2n) is 6.77. The molecule has 5 heteroatoms. The van der Waals surface area contributed by atoms with Crippen molar-refractivity contribution in [3.63, 3.8) is 0 Å². The van der Waals surface area contributed by atoms with Crippen LogP contribution in [0.1, 0.15) is 66.7 Å². The molecule has 130 valence electrons. The number of carbonyl (C=O) groups is 2. The number of rotatable bonds is 13. The maximum Gasteiger partial charge on any atom is 0.220 e. The first-order chi connectivity index (χ1) is 10.2. The summed E-state index contributed by atoms with van der Waals surface area (Å²) in [6.45, 7) is 11.8. The number of hydrogen-bond donors (Lipinski definition) is 1. The predicted molar refractivity (Wildman–Crippen MR) is 87.9 cm³/mol. The lowest BCUT2D eigenvalue weighted by molar-refractivity contribution is -0.123. The highest BCUT2D eigenvalue weighted by Crippen LogP contribution is 2.20. The van der Waals surface area contributed by atoms with E-state index in [9.17, 15) is 9.59 Å². The van der Waals surface area contributed by atoms with E-state index in [0.29, 0.717) is 32.5 Å². The highest BCUT2D eigenvalue weighted by atomic mass is 16.5. The van der Waals surface area contributed by atoms with E-state index < -0.39 is 0 Å². The van der Waals surface area contributed by atoms with E-state index in [1.807, 2.05) is 34.6 Å². The van der Waals surface area contributed by atoms with E-state index in [0.717, 1.165) is 25.7 Å².